The summed E-state index contributed by atoms with van der Waals surface area (Å²) >= 11 is 0. The van der Waals surface area contributed by atoms with Crippen LogP contribution in [-0.4, -0.2) is 42.1 Å². The van der Waals surface area contributed by atoms with Crippen LogP contribution < -0.4 is 0 Å². The van der Waals surface area contributed by atoms with E-state index in [9.17, 15) is 18.1 Å². The predicted octanol–water partition coefficient (Wildman–Crippen LogP) is 1.86. The Kier molecular flexibility index (Phi) is 3.71. The molecule has 0 bridgehead atoms. The molecule has 1 rings (SSSR count). The molecule has 90 valence electrons. The van der Waals surface area contributed by atoms with Gasteiger partial charge in [0.05, 0.1) is 5.60 Å². The first-order valence-electron chi connectivity index (χ1n) is 5.34. The lowest BCUT2D eigenvalue weighted by Gasteiger charge is -2.39. The van der Waals surface area contributed by atoms with Gasteiger partial charge in [-0.1, -0.05) is 0 Å². The fraction of sp³-hybridized carbons (Fsp3) is 1.00. The Bertz CT molecular complexity index is 206. The van der Waals surface area contributed by atoms with Crippen LogP contribution >= 0.6 is 0 Å². The molecule has 1 saturated heterocycles. The maximum absolute atomic E-state index is 12.1. The van der Waals surface area contributed by atoms with Crippen LogP contribution in [0.3, 0.4) is 0 Å². The second-order valence-corrected chi connectivity index (χ2v) is 4.94. The van der Waals surface area contributed by atoms with Crippen LogP contribution in [0.25, 0.3) is 0 Å². The quantitative estimate of drug-likeness (QED) is 0.739. The average molecular weight is 224 g/mol. The van der Waals surface area contributed by atoms with Gasteiger partial charge in [-0.3, -0.25) is 0 Å². The summed E-state index contributed by atoms with van der Waals surface area (Å²) in [6, 6.07) is 0. The second kappa shape index (κ2) is 4.33. The SMILES string of the molecule is CC(C)(O)C1CCN(C[B-](F)(F)F)CC1. The van der Waals surface area contributed by atoms with Crippen molar-refractivity contribution in [1.29, 1.82) is 0 Å². The molecule has 0 aromatic carbocycles. The molecule has 1 heterocycles. The zero-order valence-electron chi connectivity index (χ0n) is 9.22. The standard InChI is InChI=1S/C9H18BF3NO/c1-9(2,15)8-3-5-14(6-4-8)7-10(11,12)13/h8,15H,3-7H2,1-2H3/q-1. The molecule has 0 saturated carbocycles. The van der Waals surface area contributed by atoms with E-state index < -0.39 is 19.0 Å². The van der Waals surface area contributed by atoms with Gasteiger partial charge in [0.15, 0.2) is 0 Å². The van der Waals surface area contributed by atoms with Crippen molar-refractivity contribution in [2.45, 2.75) is 32.3 Å². The minimum absolute atomic E-state index is 0.120. The van der Waals surface area contributed by atoms with E-state index in [-0.39, 0.29) is 5.92 Å². The van der Waals surface area contributed by atoms with Crippen LogP contribution in [0.4, 0.5) is 12.9 Å². The number of hydrogen-bond acceptors (Lipinski definition) is 2. The van der Waals surface area contributed by atoms with Gasteiger partial charge in [0.25, 0.3) is 0 Å². The molecule has 0 atom stereocenters. The monoisotopic (exact) mass is 224 g/mol. The van der Waals surface area contributed by atoms with E-state index in [2.05, 4.69) is 0 Å². The van der Waals surface area contributed by atoms with E-state index in [1.54, 1.807) is 13.8 Å². The van der Waals surface area contributed by atoms with Gasteiger partial charge in [0.2, 0.25) is 0 Å². The molecule has 1 fully saturated rings. The number of rotatable bonds is 3. The Morgan fingerprint density at radius 3 is 2.07 bits per heavy atom. The summed E-state index contributed by atoms with van der Waals surface area (Å²) in [6.07, 6.45) is 0.532. The minimum atomic E-state index is -4.71. The molecule has 0 radical (unpaired) electrons. The highest BCUT2D eigenvalue weighted by Gasteiger charge is 2.33. The van der Waals surface area contributed by atoms with Crippen LogP contribution in [0.5, 0.6) is 0 Å². The Balaban J connectivity index is 2.37. The first kappa shape index (κ1) is 12.8. The normalized spacial score (nSPS) is 22.0. The van der Waals surface area contributed by atoms with E-state index in [1.165, 1.54) is 4.90 Å². The highest BCUT2D eigenvalue weighted by Crippen LogP contribution is 2.28. The van der Waals surface area contributed by atoms with Crippen LogP contribution in [-0.2, 0) is 0 Å². The molecule has 2 nitrogen and oxygen atoms in total. The summed E-state index contributed by atoms with van der Waals surface area (Å²) < 4.78 is 36.4. The van der Waals surface area contributed by atoms with Gasteiger partial charge < -0.3 is 23.0 Å². The number of likely N-dealkylation sites (tertiary alicyclic amines) is 1. The summed E-state index contributed by atoms with van der Waals surface area (Å²) in [5.74, 6) is 0.120. The highest BCUT2D eigenvalue weighted by atomic mass is 19.4. The summed E-state index contributed by atoms with van der Waals surface area (Å²) in [4.78, 5) is 1.43. The third-order valence-corrected chi connectivity index (χ3v) is 3.05. The lowest BCUT2D eigenvalue weighted by molar-refractivity contribution is -0.0111. The van der Waals surface area contributed by atoms with Crippen molar-refractivity contribution in [2.75, 3.05) is 19.5 Å². The molecule has 15 heavy (non-hydrogen) atoms. The molecule has 6 heteroatoms. The summed E-state index contributed by atoms with van der Waals surface area (Å²) in [6.45, 7) is -0.385. The highest BCUT2D eigenvalue weighted by molar-refractivity contribution is 6.58. The number of halogens is 3. The molecule has 0 aromatic rings. The molecule has 1 aliphatic rings. The van der Waals surface area contributed by atoms with Gasteiger partial charge in [-0.15, -0.1) is 0 Å². The van der Waals surface area contributed by atoms with Gasteiger partial charge in [0, 0.05) is 0 Å². The molecular weight excluding hydrogens is 206 g/mol. The first-order chi connectivity index (χ1) is 6.68. The predicted molar refractivity (Wildman–Crippen MR) is 54.5 cm³/mol. The van der Waals surface area contributed by atoms with Crippen LogP contribution in [0, 0.1) is 5.92 Å². The average Bonchev–Trinajstić information content (AvgIpc) is 2.00. The number of hydrogen-bond donors (Lipinski definition) is 1. The molecule has 0 aliphatic carbocycles. The van der Waals surface area contributed by atoms with Crippen molar-refractivity contribution in [1.82, 2.24) is 4.90 Å². The van der Waals surface area contributed by atoms with E-state index in [0.717, 1.165) is 0 Å². The van der Waals surface area contributed by atoms with Crippen molar-refractivity contribution in [3.8, 4) is 0 Å². The fourth-order valence-electron chi connectivity index (χ4n) is 2.11. The maximum atomic E-state index is 12.1. The van der Waals surface area contributed by atoms with Crippen molar-refractivity contribution in [2.24, 2.45) is 5.92 Å². The van der Waals surface area contributed by atoms with E-state index in [0.29, 0.717) is 25.9 Å². The van der Waals surface area contributed by atoms with Crippen LogP contribution in [0.1, 0.15) is 26.7 Å². The molecular formula is C9H18BF3NO-. The molecule has 1 N–H and O–H groups in total. The summed E-state index contributed by atoms with van der Waals surface area (Å²) in [5.41, 5.74) is -0.768. The maximum Gasteiger partial charge on any atom is 0.492 e. The Labute approximate surface area is 88.5 Å². The van der Waals surface area contributed by atoms with Gasteiger partial charge in [0.1, 0.15) is 0 Å². The molecule has 0 amide bonds. The Morgan fingerprint density at radius 2 is 1.73 bits per heavy atom. The van der Waals surface area contributed by atoms with Gasteiger partial charge in [-0.25, -0.2) is 0 Å². The van der Waals surface area contributed by atoms with Crippen LogP contribution in [0.2, 0.25) is 0 Å². The van der Waals surface area contributed by atoms with Gasteiger partial charge in [-0.2, -0.15) is 0 Å². The lowest BCUT2D eigenvalue weighted by atomic mass is 9.81. The third kappa shape index (κ3) is 4.43. The zero-order valence-corrected chi connectivity index (χ0v) is 9.22. The summed E-state index contributed by atoms with van der Waals surface area (Å²) in [7, 11) is 0. The second-order valence-electron chi connectivity index (χ2n) is 4.94. The third-order valence-electron chi connectivity index (χ3n) is 3.05. The molecule has 0 aromatic heterocycles. The Morgan fingerprint density at radius 1 is 1.27 bits per heavy atom. The van der Waals surface area contributed by atoms with Gasteiger partial charge in [-0.05, 0) is 52.1 Å². The molecule has 1 aliphatic heterocycles. The number of piperidine rings is 1. The van der Waals surface area contributed by atoms with E-state index >= 15 is 0 Å². The van der Waals surface area contributed by atoms with Crippen LogP contribution in [0.15, 0.2) is 0 Å². The minimum Gasteiger partial charge on any atom is -0.448 e. The Hall–Kier alpha value is -0.225. The largest absolute Gasteiger partial charge is 0.492 e. The topological polar surface area (TPSA) is 23.5 Å². The number of nitrogens with zero attached hydrogens (tertiary/aromatic N) is 1. The van der Waals surface area contributed by atoms with E-state index in [4.69, 9.17) is 0 Å². The fourth-order valence-corrected chi connectivity index (χ4v) is 2.11. The smallest absolute Gasteiger partial charge is 0.448 e. The zero-order chi connectivity index (χ0) is 11.7. The van der Waals surface area contributed by atoms with Crippen molar-refractivity contribution in [3.05, 3.63) is 0 Å². The first-order valence-corrected chi connectivity index (χ1v) is 5.34. The molecule has 0 unspecified atom stereocenters. The van der Waals surface area contributed by atoms with Crippen molar-refractivity contribution < 1.29 is 18.1 Å². The summed E-state index contributed by atoms with van der Waals surface area (Å²) in [5, 5.41) is 9.72. The lowest BCUT2D eigenvalue weighted by Crippen LogP contribution is -2.46. The van der Waals surface area contributed by atoms with Crippen molar-refractivity contribution >= 4 is 6.98 Å². The number of aliphatic hydroxyl groups is 1. The van der Waals surface area contributed by atoms with Gasteiger partial charge >= 0.3 is 6.98 Å². The molecule has 0 spiro atoms. The van der Waals surface area contributed by atoms with Crippen molar-refractivity contribution in [3.63, 3.8) is 0 Å². The van der Waals surface area contributed by atoms with E-state index in [1.807, 2.05) is 0 Å².